The molecular weight excluding hydrogens is 557 g/mol. The van der Waals surface area contributed by atoms with Gasteiger partial charge in [-0.15, -0.1) is 0 Å². The molecule has 3 atom stereocenters. The van der Waals surface area contributed by atoms with E-state index < -0.39 is 53.3 Å². The minimum Gasteiger partial charge on any atom is -0.478 e. The van der Waals surface area contributed by atoms with E-state index in [4.69, 9.17) is 5.11 Å². The van der Waals surface area contributed by atoms with E-state index in [-0.39, 0.29) is 12.0 Å². The highest BCUT2D eigenvalue weighted by atomic mass is 19.4. The van der Waals surface area contributed by atoms with E-state index in [0.717, 1.165) is 6.07 Å². The summed E-state index contributed by atoms with van der Waals surface area (Å²) in [5.41, 5.74) is 1.20. The van der Waals surface area contributed by atoms with Gasteiger partial charge in [0.15, 0.2) is 0 Å². The average molecular weight is 582 g/mol. The molecule has 0 fully saturated rings. The maximum absolute atomic E-state index is 14.3. The summed E-state index contributed by atoms with van der Waals surface area (Å²) >= 11 is 0. The number of hydrazone groups is 1. The van der Waals surface area contributed by atoms with Crippen molar-refractivity contribution in [1.82, 2.24) is 10.3 Å². The molecule has 6 nitrogen and oxygen atoms in total. The lowest BCUT2D eigenvalue weighted by Gasteiger charge is -2.32. The molecule has 0 bridgehead atoms. The molecule has 5 rings (SSSR count). The highest BCUT2D eigenvalue weighted by molar-refractivity contribution is 6.00. The number of fused-ring (bicyclic) bond motifs is 1. The van der Waals surface area contributed by atoms with Crippen molar-refractivity contribution in [1.29, 1.82) is 0 Å². The molecule has 2 aliphatic heterocycles. The van der Waals surface area contributed by atoms with Crippen LogP contribution in [0, 0.1) is 17.6 Å². The van der Waals surface area contributed by atoms with Gasteiger partial charge in [0, 0.05) is 29.5 Å². The van der Waals surface area contributed by atoms with Crippen LogP contribution in [0.5, 0.6) is 0 Å². The number of halogens is 5. The summed E-state index contributed by atoms with van der Waals surface area (Å²) in [6.45, 7) is 1.74. The van der Waals surface area contributed by atoms with Crippen molar-refractivity contribution in [2.24, 2.45) is 11.0 Å². The van der Waals surface area contributed by atoms with Gasteiger partial charge in [-0.25, -0.2) is 13.6 Å². The standard InChI is InChI=1S/C31H24F5N3O3/c1-17(19-3-5-21(6-4-19)30(41)42)38-29(40)25-14-23(20-7-9-24(32)10-8-20)16-39-28(25)22(15-37-39)12-18-2-11-26(27(33)13-18)31(34,35)36/h2-11,13-17,22,28H,12H2,1H3,(H,38,40)(H,41,42). The topological polar surface area (TPSA) is 82.0 Å². The van der Waals surface area contributed by atoms with Crippen molar-refractivity contribution in [3.05, 3.63) is 124 Å². The second-order valence-electron chi connectivity index (χ2n) is 10.1. The van der Waals surface area contributed by atoms with Crippen molar-refractivity contribution >= 4 is 23.7 Å². The Bertz CT molecular complexity index is 1610. The fraction of sp³-hybridized carbons (Fsp3) is 0.194. The molecule has 42 heavy (non-hydrogen) atoms. The Morgan fingerprint density at radius 1 is 1.02 bits per heavy atom. The molecule has 0 spiro atoms. The number of aromatic carboxylic acids is 1. The van der Waals surface area contributed by atoms with Crippen LogP contribution in [-0.2, 0) is 17.4 Å². The Morgan fingerprint density at radius 2 is 1.71 bits per heavy atom. The van der Waals surface area contributed by atoms with Crippen molar-refractivity contribution < 1.29 is 36.6 Å². The monoisotopic (exact) mass is 581 g/mol. The molecule has 0 aliphatic carbocycles. The molecule has 1 amide bonds. The van der Waals surface area contributed by atoms with Gasteiger partial charge in [-0.1, -0.05) is 30.3 Å². The molecule has 0 saturated heterocycles. The molecule has 3 aromatic rings. The van der Waals surface area contributed by atoms with Crippen LogP contribution in [-0.4, -0.2) is 34.2 Å². The van der Waals surface area contributed by atoms with Crippen LogP contribution in [0.1, 0.15) is 45.6 Å². The average Bonchev–Trinajstić information content (AvgIpc) is 3.34. The predicted molar refractivity (Wildman–Crippen MR) is 145 cm³/mol. The van der Waals surface area contributed by atoms with Gasteiger partial charge < -0.3 is 10.4 Å². The van der Waals surface area contributed by atoms with Crippen molar-refractivity contribution in [2.75, 3.05) is 0 Å². The van der Waals surface area contributed by atoms with Crippen molar-refractivity contribution in [3.63, 3.8) is 0 Å². The van der Waals surface area contributed by atoms with E-state index in [9.17, 15) is 31.5 Å². The summed E-state index contributed by atoms with van der Waals surface area (Å²) in [4.78, 5) is 24.9. The lowest BCUT2D eigenvalue weighted by atomic mass is 9.85. The van der Waals surface area contributed by atoms with E-state index in [0.29, 0.717) is 33.9 Å². The van der Waals surface area contributed by atoms with Crippen LogP contribution in [0.4, 0.5) is 22.0 Å². The maximum Gasteiger partial charge on any atom is 0.419 e. The number of carbonyl (C=O) groups is 2. The van der Waals surface area contributed by atoms with Gasteiger partial charge >= 0.3 is 12.1 Å². The Hall–Kier alpha value is -4.80. The Morgan fingerprint density at radius 3 is 2.33 bits per heavy atom. The van der Waals surface area contributed by atoms with Crippen LogP contribution in [0.25, 0.3) is 5.57 Å². The summed E-state index contributed by atoms with van der Waals surface area (Å²) in [6, 6.07) is 13.3. The minimum absolute atomic E-state index is 0.0997. The number of carboxylic acids is 1. The molecular formula is C31H24F5N3O3. The first-order valence-corrected chi connectivity index (χ1v) is 12.9. The number of allylic oxidation sites excluding steroid dienone is 2. The Labute approximate surface area is 237 Å². The van der Waals surface area contributed by atoms with E-state index in [1.807, 2.05) is 0 Å². The lowest BCUT2D eigenvalue weighted by Crippen LogP contribution is -2.41. The summed E-state index contributed by atoms with van der Waals surface area (Å²) in [5.74, 6) is -3.84. The number of carbonyl (C=O) groups excluding carboxylic acids is 1. The van der Waals surface area contributed by atoms with Crippen LogP contribution < -0.4 is 5.32 Å². The molecule has 2 aliphatic rings. The fourth-order valence-corrected chi connectivity index (χ4v) is 5.06. The van der Waals surface area contributed by atoms with E-state index in [2.05, 4.69) is 10.4 Å². The highest BCUT2D eigenvalue weighted by Crippen LogP contribution is 2.37. The first-order valence-electron chi connectivity index (χ1n) is 12.9. The van der Waals surface area contributed by atoms with Crippen molar-refractivity contribution in [2.45, 2.75) is 31.6 Å². The van der Waals surface area contributed by atoms with Gasteiger partial charge in [-0.05, 0) is 72.5 Å². The molecule has 11 heteroatoms. The summed E-state index contributed by atoms with van der Waals surface area (Å²) in [5, 5.41) is 18.0. The third kappa shape index (κ3) is 5.95. The van der Waals surface area contributed by atoms with Gasteiger partial charge in [-0.3, -0.25) is 9.80 Å². The van der Waals surface area contributed by atoms with Crippen LogP contribution >= 0.6 is 0 Å². The number of hydrogen-bond donors (Lipinski definition) is 2. The first-order chi connectivity index (χ1) is 19.9. The zero-order valence-electron chi connectivity index (χ0n) is 22.1. The van der Waals surface area contributed by atoms with Crippen LogP contribution in [0.3, 0.4) is 0 Å². The third-order valence-corrected chi connectivity index (χ3v) is 7.24. The predicted octanol–water partition coefficient (Wildman–Crippen LogP) is 6.37. The quantitative estimate of drug-likeness (QED) is 0.318. The number of amides is 1. The van der Waals surface area contributed by atoms with Gasteiger partial charge in [0.05, 0.1) is 23.2 Å². The SMILES string of the molecule is CC(NC(=O)C1=CC(c2ccc(F)cc2)=CN2N=CC(Cc3ccc(C(F)(F)F)c(F)c3)C12)c1ccc(C(=O)O)cc1. The molecule has 3 unspecified atom stereocenters. The molecule has 3 aromatic carbocycles. The highest BCUT2D eigenvalue weighted by Gasteiger charge is 2.39. The Kier molecular flexibility index (Phi) is 7.68. The summed E-state index contributed by atoms with van der Waals surface area (Å²) in [7, 11) is 0. The minimum atomic E-state index is -4.82. The molecule has 2 heterocycles. The number of carboxylic acid groups (broad SMARTS) is 1. The zero-order chi connectivity index (χ0) is 30.2. The number of alkyl halides is 3. The number of benzene rings is 3. The zero-order valence-corrected chi connectivity index (χ0v) is 22.1. The van der Waals surface area contributed by atoms with Crippen molar-refractivity contribution in [3.8, 4) is 0 Å². The number of nitrogens with one attached hydrogen (secondary N) is 1. The number of nitrogens with zero attached hydrogens (tertiary/aromatic N) is 2. The second-order valence-corrected chi connectivity index (χ2v) is 10.1. The summed E-state index contributed by atoms with van der Waals surface area (Å²) in [6.07, 6.45) is 0.194. The van der Waals surface area contributed by atoms with E-state index in [1.165, 1.54) is 30.3 Å². The molecule has 2 N–H and O–H groups in total. The largest absolute Gasteiger partial charge is 0.478 e. The Balaban J connectivity index is 1.44. The fourth-order valence-electron chi connectivity index (χ4n) is 5.06. The van der Waals surface area contributed by atoms with Crippen LogP contribution in [0.2, 0.25) is 0 Å². The molecule has 0 aromatic heterocycles. The first kappa shape index (κ1) is 28.7. The number of hydrogen-bond acceptors (Lipinski definition) is 4. The second kappa shape index (κ2) is 11.2. The van der Waals surface area contributed by atoms with E-state index >= 15 is 0 Å². The summed E-state index contributed by atoms with van der Waals surface area (Å²) < 4.78 is 67.0. The van der Waals surface area contributed by atoms with Gasteiger partial charge in [-0.2, -0.15) is 18.3 Å². The smallest absolute Gasteiger partial charge is 0.419 e. The number of rotatable bonds is 7. The lowest BCUT2D eigenvalue weighted by molar-refractivity contribution is -0.140. The van der Waals surface area contributed by atoms with Crippen LogP contribution in [0.15, 0.2) is 89.7 Å². The van der Waals surface area contributed by atoms with Gasteiger partial charge in [0.2, 0.25) is 5.91 Å². The normalized spacial score (nSPS) is 18.7. The van der Waals surface area contributed by atoms with Gasteiger partial charge in [0.1, 0.15) is 11.6 Å². The molecule has 0 saturated carbocycles. The molecule has 216 valence electrons. The molecule has 0 radical (unpaired) electrons. The third-order valence-electron chi connectivity index (χ3n) is 7.24. The van der Waals surface area contributed by atoms with Gasteiger partial charge in [0.25, 0.3) is 0 Å². The maximum atomic E-state index is 14.3. The van der Waals surface area contributed by atoms with E-state index in [1.54, 1.807) is 54.7 Å².